The summed E-state index contributed by atoms with van der Waals surface area (Å²) in [5.74, 6) is -0.825. The highest BCUT2D eigenvalue weighted by Gasteiger charge is 2.36. The van der Waals surface area contributed by atoms with E-state index in [0.717, 1.165) is 0 Å². The topological polar surface area (TPSA) is 138 Å². The van der Waals surface area contributed by atoms with Crippen LogP contribution in [-0.2, 0) is 6.54 Å². The first-order chi connectivity index (χ1) is 18.8. The van der Waals surface area contributed by atoms with E-state index in [-0.39, 0.29) is 34.4 Å². The number of methoxy groups -OCH3 is 1. The first-order valence-corrected chi connectivity index (χ1v) is 12.0. The lowest BCUT2D eigenvalue weighted by atomic mass is 10.0. The first kappa shape index (κ1) is 25.2. The molecule has 194 valence electrons. The molecule has 10 heteroatoms. The van der Waals surface area contributed by atoms with E-state index >= 15 is 0 Å². The van der Waals surface area contributed by atoms with Gasteiger partial charge in [-0.2, -0.15) is 10.4 Å². The highest BCUT2D eigenvalue weighted by molar-refractivity contribution is 6.16. The fraction of sp³-hybridized carbons (Fsp3) is 0.138. The number of amides is 2. The largest absolute Gasteiger partial charge is 0.508 e. The molecule has 0 fully saturated rings. The number of anilines is 2. The molecule has 10 nitrogen and oxygen atoms in total. The number of nitriles is 1. The van der Waals surface area contributed by atoms with Gasteiger partial charge in [-0.05, 0) is 61.5 Å². The van der Waals surface area contributed by atoms with Crippen LogP contribution in [0.4, 0.5) is 11.4 Å². The minimum Gasteiger partial charge on any atom is -0.508 e. The summed E-state index contributed by atoms with van der Waals surface area (Å²) >= 11 is 0. The van der Waals surface area contributed by atoms with Crippen molar-refractivity contribution in [1.82, 2.24) is 9.78 Å². The Bertz CT molecular complexity index is 1650. The molecule has 0 spiro atoms. The van der Waals surface area contributed by atoms with Crippen molar-refractivity contribution >= 4 is 29.0 Å². The Morgan fingerprint density at radius 1 is 1.10 bits per heavy atom. The van der Waals surface area contributed by atoms with Gasteiger partial charge in [0.2, 0.25) is 0 Å². The molecule has 3 aromatic carbocycles. The zero-order chi connectivity index (χ0) is 27.7. The second-order valence-electron chi connectivity index (χ2n) is 9.02. The first-order valence-electron chi connectivity index (χ1n) is 12.0. The van der Waals surface area contributed by atoms with Crippen LogP contribution in [0.5, 0.6) is 11.5 Å². The van der Waals surface area contributed by atoms with E-state index in [9.17, 15) is 24.8 Å². The second-order valence-corrected chi connectivity index (χ2v) is 9.02. The number of hydrogen-bond acceptors (Lipinski definition) is 7. The van der Waals surface area contributed by atoms with Crippen LogP contribution in [0.2, 0.25) is 0 Å². The highest BCUT2D eigenvalue weighted by Crippen LogP contribution is 2.29. The zero-order valence-corrected chi connectivity index (χ0v) is 21.1. The van der Waals surface area contributed by atoms with E-state index in [1.807, 2.05) is 13.0 Å². The van der Waals surface area contributed by atoms with Gasteiger partial charge in [-0.3, -0.25) is 19.1 Å². The predicted octanol–water partition coefficient (Wildman–Crippen LogP) is 4.00. The Balaban J connectivity index is 1.39. The molecule has 2 heterocycles. The van der Waals surface area contributed by atoms with Crippen molar-refractivity contribution in [3.05, 3.63) is 101 Å². The maximum Gasteiger partial charge on any atom is 0.277 e. The Kier molecular flexibility index (Phi) is 6.56. The van der Waals surface area contributed by atoms with Crippen LogP contribution in [0.15, 0.2) is 72.9 Å². The minimum absolute atomic E-state index is 0.000782. The van der Waals surface area contributed by atoms with E-state index in [2.05, 4.69) is 10.4 Å². The summed E-state index contributed by atoms with van der Waals surface area (Å²) in [5.41, 5.74) is 2.19. The molecule has 2 amide bonds. The Hall–Kier alpha value is -5.43. The standard InChI is InChI=1S/C29H23N5O5/c1-17-16-33-26(24(15-31-33)28(37)32-21-8-11-25(39-2)20(12-21)14-30)29(38)34(17)22-9-6-18(7-10-22)27(36)19-4-3-5-23(35)13-19/h3-13,15,17,35H,16H2,1-2H3,(H,32,37). The minimum atomic E-state index is -0.541. The van der Waals surface area contributed by atoms with Crippen LogP contribution in [-0.4, -0.2) is 45.6 Å². The van der Waals surface area contributed by atoms with Crippen molar-refractivity contribution in [2.45, 2.75) is 19.5 Å². The van der Waals surface area contributed by atoms with Crippen LogP contribution >= 0.6 is 0 Å². The smallest absolute Gasteiger partial charge is 0.277 e. The third-order valence-corrected chi connectivity index (χ3v) is 6.48. The van der Waals surface area contributed by atoms with Crippen molar-refractivity contribution in [3.8, 4) is 17.6 Å². The molecular weight excluding hydrogens is 498 g/mol. The van der Waals surface area contributed by atoms with Gasteiger partial charge in [-0.15, -0.1) is 0 Å². The van der Waals surface area contributed by atoms with Gasteiger partial charge in [0.1, 0.15) is 23.3 Å². The van der Waals surface area contributed by atoms with Gasteiger partial charge in [-0.25, -0.2) is 0 Å². The number of fused-ring (bicyclic) bond motifs is 1. The van der Waals surface area contributed by atoms with Gasteiger partial charge >= 0.3 is 0 Å². The predicted molar refractivity (Wildman–Crippen MR) is 142 cm³/mol. The molecule has 1 atom stereocenters. The summed E-state index contributed by atoms with van der Waals surface area (Å²) in [6.45, 7) is 2.23. The lowest BCUT2D eigenvalue weighted by molar-refractivity contribution is 0.0933. The molecular formula is C29H23N5O5. The van der Waals surface area contributed by atoms with Gasteiger partial charge in [0, 0.05) is 22.5 Å². The molecule has 1 aliphatic rings. The zero-order valence-electron chi connectivity index (χ0n) is 21.1. The maximum atomic E-state index is 13.7. The fourth-order valence-corrected chi connectivity index (χ4v) is 4.59. The molecule has 5 rings (SSSR count). The number of nitrogens with zero attached hydrogens (tertiary/aromatic N) is 4. The van der Waals surface area contributed by atoms with Crippen LogP contribution in [0.3, 0.4) is 0 Å². The molecule has 0 bridgehead atoms. The monoisotopic (exact) mass is 521 g/mol. The van der Waals surface area contributed by atoms with E-state index in [0.29, 0.717) is 34.8 Å². The molecule has 1 aromatic heterocycles. The molecule has 0 radical (unpaired) electrons. The number of nitrogens with one attached hydrogen (secondary N) is 1. The second kappa shape index (κ2) is 10.1. The number of ketones is 1. The van der Waals surface area contributed by atoms with Gasteiger partial charge in [0.15, 0.2) is 5.78 Å². The number of ether oxygens (including phenoxy) is 1. The van der Waals surface area contributed by atoms with Crippen molar-refractivity contribution in [2.24, 2.45) is 0 Å². The number of aromatic hydroxyl groups is 1. The van der Waals surface area contributed by atoms with Gasteiger partial charge in [0.05, 0.1) is 37.0 Å². The average Bonchev–Trinajstić information content (AvgIpc) is 3.37. The molecule has 1 unspecified atom stereocenters. The summed E-state index contributed by atoms with van der Waals surface area (Å²) in [4.78, 5) is 41.2. The van der Waals surface area contributed by atoms with E-state index in [1.54, 1.807) is 53.4 Å². The summed E-state index contributed by atoms with van der Waals surface area (Å²) in [6.07, 6.45) is 1.35. The lowest BCUT2D eigenvalue weighted by Gasteiger charge is -2.34. The molecule has 4 aromatic rings. The number of carbonyl (C=O) groups is 3. The van der Waals surface area contributed by atoms with Crippen LogP contribution in [0.25, 0.3) is 0 Å². The Labute approximate surface area is 223 Å². The number of aromatic nitrogens is 2. The van der Waals surface area contributed by atoms with E-state index in [4.69, 9.17) is 4.74 Å². The number of benzene rings is 3. The molecule has 1 aliphatic heterocycles. The molecule has 39 heavy (non-hydrogen) atoms. The van der Waals surface area contributed by atoms with Gasteiger partial charge in [-0.1, -0.05) is 12.1 Å². The van der Waals surface area contributed by atoms with E-state index < -0.39 is 11.8 Å². The van der Waals surface area contributed by atoms with Crippen LogP contribution < -0.4 is 15.0 Å². The van der Waals surface area contributed by atoms with E-state index in [1.165, 1.54) is 36.2 Å². The molecule has 0 saturated carbocycles. The third kappa shape index (κ3) is 4.69. The van der Waals surface area contributed by atoms with Crippen molar-refractivity contribution in [1.29, 1.82) is 5.26 Å². The molecule has 0 aliphatic carbocycles. The highest BCUT2D eigenvalue weighted by atomic mass is 16.5. The fourth-order valence-electron chi connectivity index (χ4n) is 4.59. The SMILES string of the molecule is COc1ccc(NC(=O)c2cnn3c2C(=O)N(c2ccc(C(=O)c4cccc(O)c4)cc2)C(C)C3)cc1C#N. The summed E-state index contributed by atoms with van der Waals surface area (Å²) in [5, 5.41) is 26.0. The number of phenolic OH excluding ortho intramolecular Hbond substituents is 1. The van der Waals surface area contributed by atoms with Crippen LogP contribution in [0, 0.1) is 11.3 Å². The summed E-state index contributed by atoms with van der Waals surface area (Å²) in [7, 11) is 1.45. The molecule has 2 N–H and O–H groups in total. The Morgan fingerprint density at radius 3 is 2.56 bits per heavy atom. The van der Waals surface area contributed by atoms with Gasteiger partial charge in [0.25, 0.3) is 11.8 Å². The van der Waals surface area contributed by atoms with Crippen molar-refractivity contribution in [3.63, 3.8) is 0 Å². The Morgan fingerprint density at radius 2 is 1.87 bits per heavy atom. The third-order valence-electron chi connectivity index (χ3n) is 6.48. The quantitative estimate of drug-likeness (QED) is 0.366. The average molecular weight is 522 g/mol. The van der Waals surface area contributed by atoms with Crippen molar-refractivity contribution < 1.29 is 24.2 Å². The summed E-state index contributed by atoms with van der Waals surface area (Å²) < 4.78 is 6.65. The van der Waals surface area contributed by atoms with Crippen LogP contribution in [0.1, 0.15) is 49.3 Å². The lowest BCUT2D eigenvalue weighted by Crippen LogP contribution is -2.47. The number of hydrogen-bond donors (Lipinski definition) is 2. The number of carbonyl (C=O) groups excluding carboxylic acids is 3. The maximum absolute atomic E-state index is 13.7. The van der Waals surface area contributed by atoms with Gasteiger partial charge < -0.3 is 20.1 Å². The molecule has 0 saturated heterocycles. The van der Waals surface area contributed by atoms with Crippen molar-refractivity contribution in [2.75, 3.05) is 17.3 Å². The summed E-state index contributed by atoms with van der Waals surface area (Å²) in [6, 6.07) is 19.1. The normalized spacial score (nSPS) is 14.3. The number of rotatable bonds is 6. The number of phenols is 1.